The molecule has 0 saturated heterocycles. The third-order valence-corrected chi connectivity index (χ3v) is 2.03. The number of carbonyl (C=O) groups is 1. The van der Waals surface area contributed by atoms with Gasteiger partial charge in [0.1, 0.15) is 5.82 Å². The van der Waals surface area contributed by atoms with Crippen LogP contribution in [0.4, 0.5) is 11.8 Å². The second kappa shape index (κ2) is 4.08. The molecule has 88 valence electrons. The van der Waals surface area contributed by atoms with E-state index in [0.29, 0.717) is 5.82 Å². The Morgan fingerprint density at radius 2 is 2.18 bits per heavy atom. The summed E-state index contributed by atoms with van der Waals surface area (Å²) in [6.45, 7) is 0. The van der Waals surface area contributed by atoms with Crippen LogP contribution in [-0.4, -0.2) is 32.7 Å². The predicted molar refractivity (Wildman–Crippen MR) is 61.4 cm³/mol. The molecule has 8 heteroatoms. The van der Waals surface area contributed by atoms with Crippen molar-refractivity contribution in [2.24, 2.45) is 0 Å². The highest BCUT2D eigenvalue weighted by Crippen LogP contribution is 2.09. The molecule has 17 heavy (non-hydrogen) atoms. The van der Waals surface area contributed by atoms with Gasteiger partial charge in [-0.05, 0) is 6.07 Å². The highest BCUT2D eigenvalue weighted by molar-refractivity contribution is 5.91. The van der Waals surface area contributed by atoms with Crippen LogP contribution in [0.5, 0.6) is 0 Å². The number of amides is 1. The first-order chi connectivity index (χ1) is 8.10. The van der Waals surface area contributed by atoms with Gasteiger partial charge in [-0.1, -0.05) is 0 Å². The molecular weight excluding hydrogens is 222 g/mol. The van der Waals surface area contributed by atoms with Gasteiger partial charge >= 0.3 is 0 Å². The normalized spacial score (nSPS) is 10.2. The zero-order valence-corrected chi connectivity index (χ0v) is 9.08. The highest BCUT2D eigenvalue weighted by atomic mass is 16.1. The molecule has 0 fully saturated rings. The standard InChI is InChI=1S/C9H11N7O/c1-12-8(17)5-2-3-16(15-5)7-4-6(10)13-9(11)14-7/h2-4H,1H3,(H,12,17)(H4,10,11,13,14). The molecule has 8 nitrogen and oxygen atoms in total. The molecule has 0 aliphatic carbocycles. The predicted octanol–water partition coefficient (Wildman–Crippen LogP) is -0.814. The number of carbonyl (C=O) groups excluding carboxylic acids is 1. The van der Waals surface area contributed by atoms with Crippen LogP contribution in [0.3, 0.4) is 0 Å². The summed E-state index contributed by atoms with van der Waals surface area (Å²) in [5.74, 6) is 0.422. The maximum absolute atomic E-state index is 11.3. The molecular formula is C9H11N7O. The third-order valence-electron chi connectivity index (χ3n) is 2.03. The fraction of sp³-hybridized carbons (Fsp3) is 0.111. The molecule has 2 heterocycles. The number of nitrogens with one attached hydrogen (secondary N) is 1. The van der Waals surface area contributed by atoms with Crippen molar-refractivity contribution in [2.75, 3.05) is 18.5 Å². The molecule has 2 aromatic heterocycles. The van der Waals surface area contributed by atoms with Crippen molar-refractivity contribution in [2.45, 2.75) is 0 Å². The van der Waals surface area contributed by atoms with Gasteiger partial charge in [-0.2, -0.15) is 15.1 Å². The Morgan fingerprint density at radius 3 is 2.82 bits per heavy atom. The topological polar surface area (TPSA) is 125 Å². The Kier molecular flexibility index (Phi) is 2.61. The Balaban J connectivity index is 2.40. The molecule has 2 aromatic rings. The van der Waals surface area contributed by atoms with Gasteiger partial charge in [0.05, 0.1) is 0 Å². The van der Waals surface area contributed by atoms with Gasteiger partial charge in [0, 0.05) is 19.3 Å². The summed E-state index contributed by atoms with van der Waals surface area (Å²) >= 11 is 0. The SMILES string of the molecule is CNC(=O)c1ccn(-c2cc(N)nc(N)n2)n1. The van der Waals surface area contributed by atoms with Crippen molar-refractivity contribution in [1.82, 2.24) is 25.1 Å². The number of hydrogen-bond acceptors (Lipinski definition) is 6. The van der Waals surface area contributed by atoms with Gasteiger partial charge in [0.2, 0.25) is 5.95 Å². The van der Waals surface area contributed by atoms with Crippen LogP contribution in [0.1, 0.15) is 10.5 Å². The van der Waals surface area contributed by atoms with Crippen molar-refractivity contribution in [1.29, 1.82) is 0 Å². The molecule has 0 radical (unpaired) electrons. The molecule has 0 aromatic carbocycles. The van der Waals surface area contributed by atoms with E-state index in [-0.39, 0.29) is 23.4 Å². The molecule has 1 amide bonds. The van der Waals surface area contributed by atoms with Crippen LogP contribution in [-0.2, 0) is 0 Å². The summed E-state index contributed by atoms with van der Waals surface area (Å²) < 4.78 is 1.40. The van der Waals surface area contributed by atoms with E-state index < -0.39 is 0 Å². The quantitative estimate of drug-likeness (QED) is 0.622. The van der Waals surface area contributed by atoms with E-state index in [1.54, 1.807) is 12.3 Å². The number of anilines is 2. The minimum Gasteiger partial charge on any atom is -0.383 e. The van der Waals surface area contributed by atoms with Crippen LogP contribution >= 0.6 is 0 Å². The van der Waals surface area contributed by atoms with Crippen LogP contribution < -0.4 is 16.8 Å². The van der Waals surface area contributed by atoms with E-state index in [0.717, 1.165) is 0 Å². The van der Waals surface area contributed by atoms with Crippen LogP contribution in [0.25, 0.3) is 5.82 Å². The van der Waals surface area contributed by atoms with E-state index in [2.05, 4.69) is 20.4 Å². The number of aromatic nitrogens is 4. The molecule has 0 aliphatic rings. The second-order valence-electron chi connectivity index (χ2n) is 3.23. The second-order valence-corrected chi connectivity index (χ2v) is 3.23. The Morgan fingerprint density at radius 1 is 1.41 bits per heavy atom. The van der Waals surface area contributed by atoms with E-state index in [4.69, 9.17) is 11.5 Å². The van der Waals surface area contributed by atoms with Crippen LogP contribution in [0, 0.1) is 0 Å². The van der Waals surface area contributed by atoms with E-state index >= 15 is 0 Å². The molecule has 0 saturated carbocycles. The first kappa shape index (κ1) is 10.9. The molecule has 0 atom stereocenters. The lowest BCUT2D eigenvalue weighted by Crippen LogP contribution is -2.18. The Hall–Kier alpha value is -2.64. The van der Waals surface area contributed by atoms with Gasteiger partial charge < -0.3 is 16.8 Å². The van der Waals surface area contributed by atoms with Crippen LogP contribution in [0.2, 0.25) is 0 Å². The smallest absolute Gasteiger partial charge is 0.271 e. The van der Waals surface area contributed by atoms with Crippen molar-refractivity contribution in [3.05, 3.63) is 24.0 Å². The minimum absolute atomic E-state index is 0.0528. The van der Waals surface area contributed by atoms with Crippen molar-refractivity contribution in [3.8, 4) is 5.82 Å². The number of nitrogens with zero attached hydrogens (tertiary/aromatic N) is 4. The fourth-order valence-corrected chi connectivity index (χ4v) is 1.29. The largest absolute Gasteiger partial charge is 0.383 e. The molecule has 0 unspecified atom stereocenters. The third kappa shape index (κ3) is 2.14. The van der Waals surface area contributed by atoms with Crippen LogP contribution in [0.15, 0.2) is 18.3 Å². The highest BCUT2D eigenvalue weighted by Gasteiger charge is 2.09. The van der Waals surface area contributed by atoms with E-state index in [9.17, 15) is 4.79 Å². The summed E-state index contributed by atoms with van der Waals surface area (Å²) in [6, 6.07) is 3.07. The van der Waals surface area contributed by atoms with Gasteiger partial charge in [-0.3, -0.25) is 4.79 Å². The maximum Gasteiger partial charge on any atom is 0.271 e. The van der Waals surface area contributed by atoms with Gasteiger partial charge in [-0.25, -0.2) is 4.68 Å². The Bertz CT molecular complexity index is 542. The van der Waals surface area contributed by atoms with Crippen molar-refractivity contribution in [3.63, 3.8) is 0 Å². The van der Waals surface area contributed by atoms with Gasteiger partial charge in [-0.15, -0.1) is 0 Å². The average molecular weight is 233 g/mol. The lowest BCUT2D eigenvalue weighted by atomic mass is 10.4. The molecule has 5 N–H and O–H groups in total. The molecule has 0 bridgehead atoms. The lowest BCUT2D eigenvalue weighted by molar-refractivity contribution is 0.0957. The van der Waals surface area contributed by atoms with Gasteiger partial charge in [0.15, 0.2) is 11.5 Å². The summed E-state index contributed by atoms with van der Waals surface area (Å²) in [7, 11) is 1.53. The molecule has 0 aliphatic heterocycles. The zero-order chi connectivity index (χ0) is 12.4. The van der Waals surface area contributed by atoms with Crippen molar-refractivity contribution < 1.29 is 4.79 Å². The average Bonchev–Trinajstić information content (AvgIpc) is 2.76. The molecule has 0 spiro atoms. The summed E-state index contributed by atoms with van der Waals surface area (Å²) in [6.07, 6.45) is 1.59. The van der Waals surface area contributed by atoms with E-state index in [1.165, 1.54) is 17.8 Å². The zero-order valence-electron chi connectivity index (χ0n) is 9.08. The fourth-order valence-electron chi connectivity index (χ4n) is 1.29. The van der Waals surface area contributed by atoms with Crippen molar-refractivity contribution >= 4 is 17.7 Å². The van der Waals surface area contributed by atoms with E-state index in [1.807, 2.05) is 0 Å². The number of nitrogen functional groups attached to an aromatic ring is 2. The monoisotopic (exact) mass is 233 g/mol. The summed E-state index contributed by atoms with van der Waals surface area (Å²) in [5.41, 5.74) is 11.3. The Labute approximate surface area is 96.7 Å². The first-order valence-corrected chi connectivity index (χ1v) is 4.78. The van der Waals surface area contributed by atoms with Gasteiger partial charge in [0.25, 0.3) is 5.91 Å². The maximum atomic E-state index is 11.3. The number of nitrogens with two attached hydrogens (primary N) is 2. The number of rotatable bonds is 2. The lowest BCUT2D eigenvalue weighted by Gasteiger charge is -2.02. The minimum atomic E-state index is -0.279. The summed E-state index contributed by atoms with van der Waals surface area (Å²) in [5, 5.41) is 6.51. The number of hydrogen-bond donors (Lipinski definition) is 3. The first-order valence-electron chi connectivity index (χ1n) is 4.78. The summed E-state index contributed by atoms with van der Waals surface area (Å²) in [4.78, 5) is 19.0. The molecule has 2 rings (SSSR count).